The number of likely N-dealkylation sites (tertiary alicyclic amines) is 1. The summed E-state index contributed by atoms with van der Waals surface area (Å²) in [6.45, 7) is 5.45. The zero-order valence-corrected chi connectivity index (χ0v) is 15.8. The second-order valence-electron chi connectivity index (χ2n) is 7.50. The largest absolute Gasteiger partial charge is 0.466 e. The van der Waals surface area contributed by atoms with Crippen LogP contribution in [0.5, 0.6) is 0 Å². The predicted molar refractivity (Wildman–Crippen MR) is 104 cm³/mol. The number of ether oxygens (including phenoxy) is 2. The highest BCUT2D eigenvalue weighted by molar-refractivity contribution is 5.74. The Morgan fingerprint density at radius 1 is 1.11 bits per heavy atom. The molecule has 27 heavy (non-hydrogen) atoms. The molecule has 0 saturated carbocycles. The van der Waals surface area contributed by atoms with E-state index in [1.165, 1.54) is 11.1 Å². The maximum atomic E-state index is 12.6. The van der Waals surface area contributed by atoms with Crippen LogP contribution in [0, 0.1) is 5.92 Å². The molecule has 4 heteroatoms. The van der Waals surface area contributed by atoms with Gasteiger partial charge in [0.2, 0.25) is 0 Å². The van der Waals surface area contributed by atoms with Gasteiger partial charge in [0.25, 0.3) is 0 Å². The zero-order valence-electron chi connectivity index (χ0n) is 15.8. The van der Waals surface area contributed by atoms with Gasteiger partial charge in [-0.25, -0.2) is 0 Å². The molecule has 0 aromatic heterocycles. The van der Waals surface area contributed by atoms with E-state index in [9.17, 15) is 4.79 Å². The van der Waals surface area contributed by atoms with Crippen molar-refractivity contribution < 1.29 is 14.3 Å². The SMILES string of the molecule is CCOC(=O)[C@@H]1CCN(C2(c3ccccc3)COC2)C[C@H]1c1ccccc1. The summed E-state index contributed by atoms with van der Waals surface area (Å²) in [6, 6.07) is 21.0. The molecule has 0 aliphatic carbocycles. The molecule has 2 fully saturated rings. The Bertz CT molecular complexity index is 758. The number of esters is 1. The fourth-order valence-corrected chi connectivity index (χ4v) is 4.49. The minimum Gasteiger partial charge on any atom is -0.466 e. The Kier molecular flexibility index (Phi) is 5.28. The van der Waals surface area contributed by atoms with Crippen LogP contribution in [0.25, 0.3) is 0 Å². The van der Waals surface area contributed by atoms with Crippen molar-refractivity contribution in [3.8, 4) is 0 Å². The Hall–Kier alpha value is -2.17. The van der Waals surface area contributed by atoms with Crippen LogP contribution >= 0.6 is 0 Å². The molecule has 2 aromatic carbocycles. The molecule has 0 radical (unpaired) electrons. The average Bonchev–Trinajstić information content (AvgIpc) is 2.69. The number of hydrogen-bond donors (Lipinski definition) is 0. The molecule has 0 bridgehead atoms. The molecule has 2 heterocycles. The number of rotatable bonds is 5. The van der Waals surface area contributed by atoms with E-state index in [4.69, 9.17) is 9.47 Å². The van der Waals surface area contributed by atoms with Crippen LogP contribution in [0.3, 0.4) is 0 Å². The quantitative estimate of drug-likeness (QED) is 0.759. The number of piperidine rings is 1. The molecule has 2 atom stereocenters. The molecule has 2 aromatic rings. The van der Waals surface area contributed by atoms with Crippen LogP contribution in [-0.2, 0) is 19.8 Å². The molecule has 142 valence electrons. The van der Waals surface area contributed by atoms with Gasteiger partial charge in [-0.2, -0.15) is 0 Å². The minimum absolute atomic E-state index is 0.0652. The Morgan fingerprint density at radius 3 is 2.37 bits per heavy atom. The van der Waals surface area contributed by atoms with Crippen LogP contribution in [-0.4, -0.2) is 43.8 Å². The minimum atomic E-state index is -0.0857. The van der Waals surface area contributed by atoms with Gasteiger partial charge in [0.05, 0.1) is 31.3 Å². The van der Waals surface area contributed by atoms with Gasteiger partial charge >= 0.3 is 5.97 Å². The molecule has 0 spiro atoms. The van der Waals surface area contributed by atoms with Crippen molar-refractivity contribution in [3.05, 3.63) is 71.8 Å². The standard InChI is InChI=1S/C23H27NO3/c1-2-27-22(25)20-13-14-24(15-21(20)18-9-5-3-6-10-18)23(16-26-17-23)19-11-7-4-8-12-19/h3-12,20-21H,2,13-17H2,1H3/t20-,21+/m1/s1. The van der Waals surface area contributed by atoms with Crippen molar-refractivity contribution in [2.45, 2.75) is 24.8 Å². The van der Waals surface area contributed by atoms with E-state index in [2.05, 4.69) is 59.5 Å². The van der Waals surface area contributed by atoms with E-state index in [0.29, 0.717) is 19.8 Å². The Balaban J connectivity index is 1.63. The number of hydrogen-bond acceptors (Lipinski definition) is 4. The third-order valence-corrected chi connectivity index (χ3v) is 6.03. The monoisotopic (exact) mass is 365 g/mol. The van der Waals surface area contributed by atoms with Crippen LogP contribution in [0.15, 0.2) is 60.7 Å². The molecule has 2 aliphatic rings. The second kappa shape index (κ2) is 7.83. The van der Waals surface area contributed by atoms with E-state index in [0.717, 1.165) is 19.5 Å². The first-order valence-electron chi connectivity index (χ1n) is 9.84. The highest BCUT2D eigenvalue weighted by atomic mass is 16.5. The molecule has 2 aliphatic heterocycles. The van der Waals surface area contributed by atoms with E-state index >= 15 is 0 Å². The lowest BCUT2D eigenvalue weighted by atomic mass is 9.76. The van der Waals surface area contributed by atoms with Gasteiger partial charge in [-0.3, -0.25) is 9.69 Å². The zero-order chi connectivity index (χ0) is 18.7. The molecule has 0 unspecified atom stereocenters. The van der Waals surface area contributed by atoms with Crippen LogP contribution in [0.1, 0.15) is 30.4 Å². The molecule has 0 amide bonds. The first-order valence-corrected chi connectivity index (χ1v) is 9.84. The molecular weight excluding hydrogens is 338 g/mol. The second-order valence-corrected chi connectivity index (χ2v) is 7.50. The number of carbonyl (C=O) groups is 1. The van der Waals surface area contributed by atoms with Gasteiger partial charge in [-0.05, 0) is 24.5 Å². The summed E-state index contributed by atoms with van der Waals surface area (Å²) in [7, 11) is 0. The van der Waals surface area contributed by atoms with Gasteiger partial charge < -0.3 is 9.47 Å². The molecule has 0 N–H and O–H groups in total. The first-order chi connectivity index (χ1) is 13.2. The van der Waals surface area contributed by atoms with Gasteiger partial charge in [0.1, 0.15) is 0 Å². The summed E-state index contributed by atoms with van der Waals surface area (Å²) in [5.74, 6) is -0.0118. The normalized spacial score (nSPS) is 24.8. The summed E-state index contributed by atoms with van der Waals surface area (Å²) in [5, 5.41) is 0. The van der Waals surface area contributed by atoms with Crippen LogP contribution < -0.4 is 0 Å². The summed E-state index contributed by atoms with van der Waals surface area (Å²) in [6.07, 6.45) is 0.812. The Labute approximate surface area is 161 Å². The van der Waals surface area contributed by atoms with Gasteiger partial charge in [-0.1, -0.05) is 60.7 Å². The topological polar surface area (TPSA) is 38.8 Å². The molecular formula is C23H27NO3. The summed E-state index contributed by atoms with van der Waals surface area (Å²) >= 11 is 0. The van der Waals surface area contributed by atoms with Crippen molar-refractivity contribution in [2.75, 3.05) is 32.9 Å². The fourth-order valence-electron chi connectivity index (χ4n) is 4.49. The van der Waals surface area contributed by atoms with Crippen LogP contribution in [0.4, 0.5) is 0 Å². The van der Waals surface area contributed by atoms with E-state index < -0.39 is 0 Å². The molecule has 2 saturated heterocycles. The lowest BCUT2D eigenvalue weighted by molar-refractivity contribution is -0.166. The summed E-state index contributed by atoms with van der Waals surface area (Å²) < 4.78 is 11.1. The lowest BCUT2D eigenvalue weighted by Crippen LogP contribution is -2.62. The van der Waals surface area contributed by atoms with E-state index in [-0.39, 0.29) is 23.3 Å². The maximum absolute atomic E-state index is 12.6. The van der Waals surface area contributed by atoms with Gasteiger partial charge in [0.15, 0.2) is 0 Å². The smallest absolute Gasteiger partial charge is 0.309 e. The summed E-state index contributed by atoms with van der Waals surface area (Å²) in [4.78, 5) is 15.2. The lowest BCUT2D eigenvalue weighted by Gasteiger charge is -2.53. The number of nitrogens with zero attached hydrogens (tertiary/aromatic N) is 1. The highest BCUT2D eigenvalue weighted by Crippen LogP contribution is 2.42. The van der Waals surface area contributed by atoms with Crippen molar-refractivity contribution in [2.24, 2.45) is 5.92 Å². The van der Waals surface area contributed by atoms with E-state index in [1.54, 1.807) is 0 Å². The van der Waals surface area contributed by atoms with E-state index in [1.807, 2.05) is 13.0 Å². The van der Waals surface area contributed by atoms with Crippen molar-refractivity contribution >= 4 is 5.97 Å². The third kappa shape index (κ3) is 3.40. The highest BCUT2D eigenvalue weighted by Gasteiger charge is 2.49. The van der Waals surface area contributed by atoms with Gasteiger partial charge in [-0.15, -0.1) is 0 Å². The summed E-state index contributed by atoms with van der Waals surface area (Å²) in [5.41, 5.74) is 2.44. The van der Waals surface area contributed by atoms with Gasteiger partial charge in [0, 0.05) is 19.0 Å². The van der Waals surface area contributed by atoms with Crippen molar-refractivity contribution in [3.63, 3.8) is 0 Å². The maximum Gasteiger partial charge on any atom is 0.309 e. The average molecular weight is 365 g/mol. The first kappa shape index (κ1) is 18.2. The Morgan fingerprint density at radius 2 is 1.78 bits per heavy atom. The molecule has 4 rings (SSSR count). The fraction of sp³-hybridized carbons (Fsp3) is 0.435. The molecule has 4 nitrogen and oxygen atoms in total. The van der Waals surface area contributed by atoms with Crippen molar-refractivity contribution in [1.29, 1.82) is 0 Å². The number of benzene rings is 2. The third-order valence-electron chi connectivity index (χ3n) is 6.03. The predicted octanol–water partition coefficient (Wildman–Crippen LogP) is 3.58. The van der Waals surface area contributed by atoms with Crippen molar-refractivity contribution in [1.82, 2.24) is 4.90 Å². The van der Waals surface area contributed by atoms with Crippen LogP contribution in [0.2, 0.25) is 0 Å². The number of carbonyl (C=O) groups excluding carboxylic acids is 1.